The Kier molecular flexibility index (Phi) is 7.16. The van der Waals surface area contributed by atoms with E-state index in [1.54, 1.807) is 0 Å². The Morgan fingerprint density at radius 1 is 1.15 bits per heavy atom. The summed E-state index contributed by atoms with van der Waals surface area (Å²) in [5, 5.41) is 22.7. The molecule has 5 N–H and O–H groups in total. The fourth-order valence-electron chi connectivity index (χ4n) is 2.38. The van der Waals surface area contributed by atoms with E-state index in [2.05, 4.69) is 10.1 Å². The van der Waals surface area contributed by atoms with Crippen molar-refractivity contribution < 1.29 is 29.3 Å². The molecule has 1 amide bonds. The van der Waals surface area contributed by atoms with Gasteiger partial charge in [0.25, 0.3) is 0 Å². The Hall–Kier alpha value is -3.10. The third-order valence-corrected chi connectivity index (χ3v) is 3.77. The standard InChI is InChI=1S/C19H22N2O6/c1-26-18(24)14-7-13(8-15(20)9-14)17(23)16(22)10-21-19(25)27-11-12-5-3-2-4-6-12/h2-9,16-17,22-23H,10-11,20H2,1H3,(H,21,25). The number of benzene rings is 2. The predicted octanol–water partition coefficient (Wildman–Crippen LogP) is 1.38. The van der Waals surface area contributed by atoms with Crippen LogP contribution in [0.25, 0.3) is 0 Å². The molecule has 0 aliphatic carbocycles. The lowest BCUT2D eigenvalue weighted by atomic mass is 10.0. The summed E-state index contributed by atoms with van der Waals surface area (Å²) >= 11 is 0. The van der Waals surface area contributed by atoms with Crippen molar-refractivity contribution in [2.24, 2.45) is 0 Å². The van der Waals surface area contributed by atoms with Gasteiger partial charge >= 0.3 is 12.1 Å². The quantitative estimate of drug-likeness (QED) is 0.425. The Bertz CT molecular complexity index is 781. The molecule has 2 rings (SSSR count). The summed E-state index contributed by atoms with van der Waals surface area (Å²) in [5.74, 6) is -0.618. The van der Waals surface area contributed by atoms with Crippen LogP contribution in [0.15, 0.2) is 48.5 Å². The first kappa shape index (κ1) is 20.2. The van der Waals surface area contributed by atoms with Crippen molar-refractivity contribution in [1.82, 2.24) is 5.32 Å². The number of amides is 1. The zero-order chi connectivity index (χ0) is 19.8. The smallest absolute Gasteiger partial charge is 0.407 e. The Morgan fingerprint density at radius 3 is 2.52 bits per heavy atom. The van der Waals surface area contributed by atoms with Gasteiger partial charge in [-0.1, -0.05) is 30.3 Å². The maximum Gasteiger partial charge on any atom is 0.407 e. The molecule has 0 radical (unpaired) electrons. The Morgan fingerprint density at radius 2 is 1.85 bits per heavy atom. The maximum atomic E-state index is 11.7. The van der Waals surface area contributed by atoms with Crippen molar-refractivity contribution in [2.75, 3.05) is 19.4 Å². The highest BCUT2D eigenvalue weighted by Gasteiger charge is 2.21. The van der Waals surface area contributed by atoms with Gasteiger partial charge in [-0.25, -0.2) is 9.59 Å². The number of carbonyl (C=O) groups is 2. The van der Waals surface area contributed by atoms with Gasteiger partial charge < -0.3 is 30.7 Å². The van der Waals surface area contributed by atoms with E-state index in [0.717, 1.165) is 5.56 Å². The highest BCUT2D eigenvalue weighted by molar-refractivity contribution is 5.90. The van der Waals surface area contributed by atoms with Gasteiger partial charge in [0.1, 0.15) is 18.8 Å². The molecule has 0 aromatic heterocycles. The van der Waals surface area contributed by atoms with E-state index in [1.165, 1.54) is 25.3 Å². The molecule has 27 heavy (non-hydrogen) atoms. The number of nitrogens with one attached hydrogen (secondary N) is 1. The van der Waals surface area contributed by atoms with Crippen molar-refractivity contribution in [3.8, 4) is 0 Å². The number of carbonyl (C=O) groups excluding carboxylic acids is 2. The second-order valence-electron chi connectivity index (χ2n) is 5.83. The molecule has 0 fully saturated rings. The molecule has 2 aromatic rings. The van der Waals surface area contributed by atoms with Crippen LogP contribution in [0.5, 0.6) is 0 Å². The van der Waals surface area contributed by atoms with Crippen LogP contribution in [0.3, 0.4) is 0 Å². The van der Waals surface area contributed by atoms with Gasteiger partial charge in [0, 0.05) is 12.2 Å². The number of hydrogen-bond donors (Lipinski definition) is 4. The largest absolute Gasteiger partial charge is 0.465 e. The summed E-state index contributed by atoms with van der Waals surface area (Å²) in [6.07, 6.45) is -3.43. The molecule has 0 saturated heterocycles. The number of aliphatic hydroxyl groups is 2. The number of ether oxygens (including phenoxy) is 2. The number of methoxy groups -OCH3 is 1. The van der Waals surface area contributed by atoms with Crippen LogP contribution in [0.4, 0.5) is 10.5 Å². The van der Waals surface area contributed by atoms with E-state index < -0.39 is 24.3 Å². The van der Waals surface area contributed by atoms with Gasteiger partial charge in [-0.2, -0.15) is 0 Å². The van der Waals surface area contributed by atoms with Crippen LogP contribution < -0.4 is 11.1 Å². The number of anilines is 1. The second-order valence-corrected chi connectivity index (χ2v) is 5.83. The fraction of sp³-hybridized carbons (Fsp3) is 0.263. The van der Waals surface area contributed by atoms with Crippen LogP contribution in [-0.2, 0) is 16.1 Å². The van der Waals surface area contributed by atoms with Crippen LogP contribution in [0, 0.1) is 0 Å². The van der Waals surface area contributed by atoms with Crippen molar-refractivity contribution in [3.63, 3.8) is 0 Å². The average molecular weight is 374 g/mol. The first-order valence-corrected chi connectivity index (χ1v) is 8.20. The van der Waals surface area contributed by atoms with Crippen LogP contribution in [0.2, 0.25) is 0 Å². The van der Waals surface area contributed by atoms with Crippen molar-refractivity contribution >= 4 is 17.7 Å². The molecule has 2 unspecified atom stereocenters. The molecule has 2 atom stereocenters. The maximum absolute atomic E-state index is 11.7. The molecule has 0 spiro atoms. The van der Waals surface area contributed by atoms with Gasteiger partial charge in [-0.3, -0.25) is 0 Å². The minimum atomic E-state index is -1.37. The van der Waals surface area contributed by atoms with E-state index in [4.69, 9.17) is 10.5 Å². The third-order valence-electron chi connectivity index (χ3n) is 3.77. The molecule has 8 nitrogen and oxygen atoms in total. The SMILES string of the molecule is COC(=O)c1cc(N)cc(C(O)C(O)CNC(=O)OCc2ccccc2)c1. The van der Waals surface area contributed by atoms with Gasteiger partial charge in [0.05, 0.1) is 12.7 Å². The number of alkyl carbamates (subject to hydrolysis) is 1. The van der Waals surface area contributed by atoms with Crippen molar-refractivity contribution in [2.45, 2.75) is 18.8 Å². The second kappa shape index (κ2) is 9.56. The normalized spacial score (nSPS) is 12.7. The van der Waals surface area contributed by atoms with E-state index in [-0.39, 0.29) is 30.0 Å². The first-order chi connectivity index (χ1) is 12.9. The predicted molar refractivity (Wildman–Crippen MR) is 97.8 cm³/mol. The Balaban J connectivity index is 1.89. The summed E-state index contributed by atoms with van der Waals surface area (Å²) in [6, 6.07) is 13.3. The number of aliphatic hydroxyl groups excluding tert-OH is 2. The highest BCUT2D eigenvalue weighted by atomic mass is 16.5. The van der Waals surface area contributed by atoms with Crippen molar-refractivity contribution in [1.29, 1.82) is 0 Å². The van der Waals surface area contributed by atoms with E-state index in [9.17, 15) is 19.8 Å². The summed E-state index contributed by atoms with van der Waals surface area (Å²) in [6.45, 7) is -0.166. The van der Waals surface area contributed by atoms with Gasteiger partial charge in [0.15, 0.2) is 0 Å². The lowest BCUT2D eigenvalue weighted by Crippen LogP contribution is -2.35. The van der Waals surface area contributed by atoms with Crippen LogP contribution in [0.1, 0.15) is 27.6 Å². The van der Waals surface area contributed by atoms with Gasteiger partial charge in [-0.05, 0) is 29.3 Å². The van der Waals surface area contributed by atoms with E-state index in [0.29, 0.717) is 0 Å². The third kappa shape index (κ3) is 5.98. The highest BCUT2D eigenvalue weighted by Crippen LogP contribution is 2.22. The number of nitrogen functional groups attached to an aromatic ring is 1. The van der Waals surface area contributed by atoms with Gasteiger partial charge in [0.2, 0.25) is 0 Å². The Labute approximate surface area is 156 Å². The van der Waals surface area contributed by atoms with Crippen LogP contribution in [-0.4, -0.2) is 42.0 Å². The summed E-state index contributed by atoms with van der Waals surface area (Å²) < 4.78 is 9.64. The number of nitrogens with two attached hydrogens (primary N) is 1. The van der Waals surface area contributed by atoms with E-state index in [1.807, 2.05) is 30.3 Å². The fourth-order valence-corrected chi connectivity index (χ4v) is 2.38. The molecule has 8 heteroatoms. The number of rotatable bonds is 7. The molecular weight excluding hydrogens is 352 g/mol. The molecule has 0 bridgehead atoms. The number of esters is 1. The molecular formula is C19H22N2O6. The van der Waals surface area contributed by atoms with Crippen molar-refractivity contribution in [3.05, 3.63) is 65.2 Å². The molecule has 144 valence electrons. The zero-order valence-electron chi connectivity index (χ0n) is 14.8. The lowest BCUT2D eigenvalue weighted by molar-refractivity contribution is 0.0183. The van der Waals surface area contributed by atoms with E-state index >= 15 is 0 Å². The summed E-state index contributed by atoms with van der Waals surface area (Å²) in [7, 11) is 1.22. The topological polar surface area (TPSA) is 131 Å². The summed E-state index contributed by atoms with van der Waals surface area (Å²) in [4.78, 5) is 23.3. The monoisotopic (exact) mass is 374 g/mol. The zero-order valence-corrected chi connectivity index (χ0v) is 14.8. The molecule has 0 aliphatic heterocycles. The minimum absolute atomic E-state index is 0.0863. The first-order valence-electron chi connectivity index (χ1n) is 8.20. The molecule has 2 aromatic carbocycles. The molecule has 0 aliphatic rings. The number of hydrogen-bond acceptors (Lipinski definition) is 7. The molecule has 0 saturated carbocycles. The lowest BCUT2D eigenvalue weighted by Gasteiger charge is -2.19. The minimum Gasteiger partial charge on any atom is -0.465 e. The molecule has 0 heterocycles. The average Bonchev–Trinajstić information content (AvgIpc) is 2.69. The van der Waals surface area contributed by atoms with Gasteiger partial charge in [-0.15, -0.1) is 0 Å². The summed E-state index contributed by atoms with van der Waals surface area (Å²) in [5.41, 5.74) is 7.14. The van der Waals surface area contributed by atoms with Crippen LogP contribution >= 0.6 is 0 Å².